The lowest BCUT2D eigenvalue weighted by atomic mass is 9.97. The van der Waals surface area contributed by atoms with Crippen LogP contribution in [0.2, 0.25) is 0 Å². The Morgan fingerprint density at radius 3 is 2.67 bits per heavy atom. The molecule has 0 saturated carbocycles. The molecule has 1 aromatic carbocycles. The van der Waals surface area contributed by atoms with E-state index in [0.29, 0.717) is 12.0 Å². The summed E-state index contributed by atoms with van der Waals surface area (Å²) < 4.78 is 0. The summed E-state index contributed by atoms with van der Waals surface area (Å²) in [5, 5.41) is 3.52. The van der Waals surface area contributed by atoms with Crippen LogP contribution < -0.4 is 5.32 Å². The van der Waals surface area contributed by atoms with E-state index in [-0.39, 0.29) is 0 Å². The second-order valence-electron chi connectivity index (χ2n) is 3.76. The van der Waals surface area contributed by atoms with Crippen molar-refractivity contribution in [3.63, 3.8) is 0 Å². The van der Waals surface area contributed by atoms with Crippen molar-refractivity contribution in [1.82, 2.24) is 0 Å². The minimum atomic E-state index is 0.584. The van der Waals surface area contributed by atoms with Gasteiger partial charge in [-0.05, 0) is 25.0 Å². The summed E-state index contributed by atoms with van der Waals surface area (Å²) in [6.07, 6.45) is 0. The highest BCUT2D eigenvalue weighted by Crippen LogP contribution is 2.37. The molecule has 1 heterocycles. The zero-order valence-corrected chi connectivity index (χ0v) is 7.89. The minimum Gasteiger partial charge on any atom is -0.382 e. The van der Waals surface area contributed by atoms with E-state index in [1.54, 1.807) is 0 Å². The molecule has 1 aliphatic heterocycles. The van der Waals surface area contributed by atoms with Crippen molar-refractivity contribution >= 4 is 5.69 Å². The van der Waals surface area contributed by atoms with Crippen LogP contribution >= 0.6 is 0 Å². The highest BCUT2D eigenvalue weighted by molar-refractivity contribution is 5.63. The Balaban J connectivity index is 2.53. The molecule has 0 radical (unpaired) electrons. The standard InChI is InChI=1S/C11H15N/c1-7-5-4-6-10-8(2)9(3)12-11(7)10/h4-6,8-9,12H,1-3H3/t8-,9-/m1/s1. The molecule has 0 saturated heterocycles. The molecule has 2 atom stereocenters. The van der Waals surface area contributed by atoms with Crippen molar-refractivity contribution in [3.8, 4) is 0 Å². The molecule has 0 bridgehead atoms. The summed E-state index contributed by atoms with van der Waals surface area (Å²) in [6, 6.07) is 7.12. The second kappa shape index (κ2) is 2.51. The Morgan fingerprint density at radius 1 is 1.25 bits per heavy atom. The summed E-state index contributed by atoms with van der Waals surface area (Å²) in [7, 11) is 0. The minimum absolute atomic E-state index is 0.584. The molecule has 1 aliphatic rings. The molecule has 0 spiro atoms. The molecule has 1 nitrogen and oxygen atoms in total. The van der Waals surface area contributed by atoms with Crippen LogP contribution in [0.1, 0.15) is 30.9 Å². The van der Waals surface area contributed by atoms with E-state index in [9.17, 15) is 0 Å². The number of hydrogen-bond acceptors (Lipinski definition) is 1. The van der Waals surface area contributed by atoms with Gasteiger partial charge in [-0.1, -0.05) is 25.1 Å². The monoisotopic (exact) mass is 161 g/mol. The van der Waals surface area contributed by atoms with Crippen LogP contribution in [-0.4, -0.2) is 6.04 Å². The van der Waals surface area contributed by atoms with Crippen molar-refractivity contribution in [2.24, 2.45) is 0 Å². The third-order valence-corrected chi connectivity index (χ3v) is 2.92. The number of nitrogens with one attached hydrogen (secondary N) is 1. The molecule has 12 heavy (non-hydrogen) atoms. The third-order valence-electron chi connectivity index (χ3n) is 2.92. The first kappa shape index (κ1) is 7.66. The normalized spacial score (nSPS) is 26.6. The van der Waals surface area contributed by atoms with E-state index in [2.05, 4.69) is 44.3 Å². The maximum Gasteiger partial charge on any atom is 0.0408 e. The second-order valence-corrected chi connectivity index (χ2v) is 3.76. The van der Waals surface area contributed by atoms with Gasteiger partial charge in [0.05, 0.1) is 0 Å². The molecule has 0 fully saturated rings. The van der Waals surface area contributed by atoms with Gasteiger partial charge in [0, 0.05) is 17.6 Å². The van der Waals surface area contributed by atoms with Gasteiger partial charge in [-0.3, -0.25) is 0 Å². The maximum absolute atomic E-state index is 3.52. The van der Waals surface area contributed by atoms with E-state index in [1.165, 1.54) is 16.8 Å². The van der Waals surface area contributed by atoms with Crippen LogP contribution in [0.25, 0.3) is 0 Å². The van der Waals surface area contributed by atoms with E-state index in [1.807, 2.05) is 0 Å². The Labute approximate surface area is 73.8 Å². The predicted octanol–water partition coefficient (Wildman–Crippen LogP) is 2.91. The number of anilines is 1. The molecular weight excluding hydrogens is 146 g/mol. The van der Waals surface area contributed by atoms with Crippen LogP contribution in [0.15, 0.2) is 18.2 Å². The molecule has 1 N–H and O–H groups in total. The third kappa shape index (κ3) is 0.927. The van der Waals surface area contributed by atoms with Gasteiger partial charge in [-0.2, -0.15) is 0 Å². The molecule has 1 heteroatoms. The fourth-order valence-corrected chi connectivity index (χ4v) is 1.89. The average molecular weight is 161 g/mol. The number of aryl methyl sites for hydroxylation is 1. The lowest BCUT2D eigenvalue weighted by Gasteiger charge is -2.08. The van der Waals surface area contributed by atoms with Gasteiger partial charge in [0.2, 0.25) is 0 Å². The highest BCUT2D eigenvalue weighted by Gasteiger charge is 2.25. The molecule has 64 valence electrons. The first-order chi connectivity index (χ1) is 5.70. The van der Waals surface area contributed by atoms with Crippen LogP contribution in [0.4, 0.5) is 5.69 Å². The van der Waals surface area contributed by atoms with Gasteiger partial charge in [0.15, 0.2) is 0 Å². The molecule has 0 unspecified atom stereocenters. The van der Waals surface area contributed by atoms with E-state index in [4.69, 9.17) is 0 Å². The van der Waals surface area contributed by atoms with E-state index < -0.39 is 0 Å². The Bertz CT molecular complexity index is 304. The predicted molar refractivity (Wildman–Crippen MR) is 52.7 cm³/mol. The van der Waals surface area contributed by atoms with Gasteiger partial charge in [0.25, 0.3) is 0 Å². The zero-order valence-electron chi connectivity index (χ0n) is 7.89. The van der Waals surface area contributed by atoms with E-state index in [0.717, 1.165) is 0 Å². The van der Waals surface area contributed by atoms with Crippen molar-refractivity contribution in [2.75, 3.05) is 5.32 Å². The molecule has 1 aromatic rings. The molecule has 2 rings (SSSR count). The molecular formula is C11H15N. The molecule has 0 aromatic heterocycles. The smallest absolute Gasteiger partial charge is 0.0408 e. The summed E-state index contributed by atoms with van der Waals surface area (Å²) in [4.78, 5) is 0. The van der Waals surface area contributed by atoms with Crippen LogP contribution in [0.3, 0.4) is 0 Å². The van der Waals surface area contributed by atoms with Crippen LogP contribution in [0, 0.1) is 6.92 Å². The number of rotatable bonds is 0. The lowest BCUT2D eigenvalue weighted by molar-refractivity contribution is 0.690. The molecule has 0 aliphatic carbocycles. The number of fused-ring (bicyclic) bond motifs is 1. The van der Waals surface area contributed by atoms with Crippen LogP contribution in [-0.2, 0) is 0 Å². The van der Waals surface area contributed by atoms with E-state index >= 15 is 0 Å². The SMILES string of the molecule is Cc1cccc2c1N[C@H](C)[C@H]2C. The summed E-state index contributed by atoms with van der Waals surface area (Å²) >= 11 is 0. The van der Waals surface area contributed by atoms with Crippen molar-refractivity contribution in [1.29, 1.82) is 0 Å². The Kier molecular flexibility index (Phi) is 1.60. The largest absolute Gasteiger partial charge is 0.382 e. The number of hydrogen-bond donors (Lipinski definition) is 1. The van der Waals surface area contributed by atoms with Crippen molar-refractivity contribution in [3.05, 3.63) is 29.3 Å². The first-order valence-corrected chi connectivity index (χ1v) is 4.56. The van der Waals surface area contributed by atoms with Crippen molar-refractivity contribution in [2.45, 2.75) is 32.7 Å². The zero-order chi connectivity index (χ0) is 8.72. The molecule has 0 amide bonds. The summed E-state index contributed by atoms with van der Waals surface area (Å²) in [5.41, 5.74) is 4.20. The van der Waals surface area contributed by atoms with Gasteiger partial charge in [-0.25, -0.2) is 0 Å². The Morgan fingerprint density at radius 2 is 2.00 bits per heavy atom. The Hall–Kier alpha value is -0.980. The number of benzene rings is 1. The number of para-hydroxylation sites is 1. The van der Waals surface area contributed by atoms with Gasteiger partial charge in [-0.15, -0.1) is 0 Å². The fourth-order valence-electron chi connectivity index (χ4n) is 1.89. The lowest BCUT2D eigenvalue weighted by Crippen LogP contribution is -2.12. The van der Waals surface area contributed by atoms with Crippen LogP contribution in [0.5, 0.6) is 0 Å². The van der Waals surface area contributed by atoms with Gasteiger partial charge >= 0.3 is 0 Å². The van der Waals surface area contributed by atoms with Gasteiger partial charge < -0.3 is 5.32 Å². The quantitative estimate of drug-likeness (QED) is 0.617. The maximum atomic E-state index is 3.52. The fraction of sp³-hybridized carbons (Fsp3) is 0.455. The van der Waals surface area contributed by atoms with Gasteiger partial charge in [0.1, 0.15) is 0 Å². The summed E-state index contributed by atoms with van der Waals surface area (Å²) in [5.74, 6) is 0.653. The highest BCUT2D eigenvalue weighted by atomic mass is 15.0. The van der Waals surface area contributed by atoms with Crippen molar-refractivity contribution < 1.29 is 0 Å². The topological polar surface area (TPSA) is 12.0 Å². The first-order valence-electron chi connectivity index (χ1n) is 4.56. The summed E-state index contributed by atoms with van der Waals surface area (Å²) in [6.45, 7) is 6.68. The average Bonchev–Trinajstić information content (AvgIpc) is 2.32.